The lowest BCUT2D eigenvalue weighted by Crippen LogP contribution is -2.27. The van der Waals surface area contributed by atoms with Crippen molar-refractivity contribution in [2.45, 2.75) is 18.2 Å². The van der Waals surface area contributed by atoms with Crippen LogP contribution in [-0.4, -0.2) is 13.1 Å². The molecule has 0 spiro atoms. The molecule has 0 N–H and O–H groups in total. The van der Waals surface area contributed by atoms with Gasteiger partial charge in [-0.1, -0.05) is 46.3 Å². The van der Waals surface area contributed by atoms with E-state index >= 15 is 0 Å². The Bertz CT molecular complexity index is 585. The van der Waals surface area contributed by atoms with Crippen LogP contribution < -0.4 is 4.90 Å². The van der Waals surface area contributed by atoms with Gasteiger partial charge in [0.1, 0.15) is 5.82 Å². The minimum atomic E-state index is -0.124. The van der Waals surface area contributed by atoms with Crippen molar-refractivity contribution in [1.29, 1.82) is 0 Å². The number of benzene rings is 2. The van der Waals surface area contributed by atoms with Gasteiger partial charge in [-0.15, -0.1) is 0 Å². The molecule has 1 aliphatic rings. The van der Waals surface area contributed by atoms with Gasteiger partial charge in [0.2, 0.25) is 0 Å². The third-order valence-corrected chi connectivity index (χ3v) is 4.55. The summed E-state index contributed by atoms with van der Waals surface area (Å²) in [6.45, 7) is 1.89. The number of anilines is 1. The van der Waals surface area contributed by atoms with E-state index in [-0.39, 0.29) is 5.82 Å². The molecule has 1 nitrogen and oxygen atoms in total. The Balaban J connectivity index is 1.89. The van der Waals surface area contributed by atoms with E-state index in [0.29, 0.717) is 5.33 Å². The number of alkyl halides is 1. The molecule has 0 radical (unpaired) electrons. The van der Waals surface area contributed by atoms with Gasteiger partial charge in [-0.3, -0.25) is 0 Å². The Hall–Kier alpha value is -1.35. The summed E-state index contributed by atoms with van der Waals surface area (Å²) in [6.07, 6.45) is 2.04. The van der Waals surface area contributed by atoms with E-state index < -0.39 is 0 Å². The topological polar surface area (TPSA) is 3.24 Å². The standard InChI is InChI=1S/C17H17BrFN/c18-12-15-16(19)6-3-7-17(15)20-10-8-13-4-1-2-5-14(13)9-11-20/h1-7H,8-12H2. The zero-order valence-electron chi connectivity index (χ0n) is 11.3. The number of nitrogens with zero attached hydrogens (tertiary/aromatic N) is 1. The highest BCUT2D eigenvalue weighted by Crippen LogP contribution is 2.27. The molecule has 0 unspecified atom stereocenters. The van der Waals surface area contributed by atoms with Crippen LogP contribution in [0.4, 0.5) is 10.1 Å². The van der Waals surface area contributed by atoms with Gasteiger partial charge < -0.3 is 4.90 Å². The first-order chi connectivity index (χ1) is 9.79. The van der Waals surface area contributed by atoms with Crippen LogP contribution in [0.3, 0.4) is 0 Å². The Morgan fingerprint density at radius 3 is 2.20 bits per heavy atom. The maximum atomic E-state index is 13.9. The molecule has 0 saturated heterocycles. The molecule has 0 fully saturated rings. The van der Waals surface area contributed by atoms with E-state index in [1.54, 1.807) is 6.07 Å². The minimum absolute atomic E-state index is 0.124. The molecule has 2 aromatic rings. The molecule has 0 aliphatic carbocycles. The highest BCUT2D eigenvalue weighted by molar-refractivity contribution is 9.08. The molecule has 0 atom stereocenters. The fraction of sp³-hybridized carbons (Fsp3) is 0.294. The number of hydrogen-bond acceptors (Lipinski definition) is 1. The second-order valence-corrected chi connectivity index (χ2v) is 5.69. The lowest BCUT2D eigenvalue weighted by atomic mass is 10.0. The summed E-state index contributed by atoms with van der Waals surface area (Å²) in [4.78, 5) is 2.31. The third kappa shape index (κ3) is 2.59. The summed E-state index contributed by atoms with van der Waals surface area (Å²) >= 11 is 3.41. The first kappa shape index (κ1) is 13.6. The second kappa shape index (κ2) is 5.96. The van der Waals surface area contributed by atoms with Crippen molar-refractivity contribution < 1.29 is 4.39 Å². The van der Waals surface area contributed by atoms with Crippen molar-refractivity contribution in [3.63, 3.8) is 0 Å². The molecule has 0 bridgehead atoms. The van der Waals surface area contributed by atoms with Crippen molar-refractivity contribution in [1.82, 2.24) is 0 Å². The van der Waals surface area contributed by atoms with Crippen LogP contribution in [0.2, 0.25) is 0 Å². The Morgan fingerprint density at radius 1 is 0.950 bits per heavy atom. The van der Waals surface area contributed by atoms with Crippen molar-refractivity contribution in [2.75, 3.05) is 18.0 Å². The number of halogens is 2. The van der Waals surface area contributed by atoms with Crippen LogP contribution in [0.5, 0.6) is 0 Å². The number of fused-ring (bicyclic) bond motifs is 1. The minimum Gasteiger partial charge on any atom is -0.371 e. The highest BCUT2D eigenvalue weighted by Gasteiger charge is 2.17. The zero-order valence-corrected chi connectivity index (χ0v) is 12.9. The fourth-order valence-electron chi connectivity index (χ4n) is 2.88. The molecular formula is C17H17BrFN. The summed E-state index contributed by atoms with van der Waals surface area (Å²) in [5, 5.41) is 0.554. The normalized spacial score (nSPS) is 14.8. The number of hydrogen-bond donors (Lipinski definition) is 0. The first-order valence-corrected chi connectivity index (χ1v) is 8.07. The quantitative estimate of drug-likeness (QED) is 0.739. The van der Waals surface area contributed by atoms with Crippen LogP contribution in [0, 0.1) is 5.82 Å². The van der Waals surface area contributed by atoms with E-state index in [4.69, 9.17) is 0 Å². The fourth-order valence-corrected chi connectivity index (χ4v) is 3.44. The molecular weight excluding hydrogens is 317 g/mol. The maximum Gasteiger partial charge on any atom is 0.129 e. The lowest BCUT2D eigenvalue weighted by molar-refractivity contribution is 0.616. The Kier molecular flexibility index (Phi) is 4.06. The molecule has 0 amide bonds. The Morgan fingerprint density at radius 2 is 1.60 bits per heavy atom. The van der Waals surface area contributed by atoms with Gasteiger partial charge in [-0.2, -0.15) is 0 Å². The molecule has 3 heteroatoms. The van der Waals surface area contributed by atoms with Crippen molar-refractivity contribution in [2.24, 2.45) is 0 Å². The van der Waals surface area contributed by atoms with Crippen LogP contribution in [0.15, 0.2) is 42.5 Å². The smallest absolute Gasteiger partial charge is 0.129 e. The third-order valence-electron chi connectivity index (χ3n) is 3.99. The molecule has 0 saturated carbocycles. The summed E-state index contributed by atoms with van der Waals surface area (Å²) in [5.74, 6) is -0.124. The largest absolute Gasteiger partial charge is 0.371 e. The summed E-state index contributed by atoms with van der Waals surface area (Å²) in [5.41, 5.74) is 4.63. The molecule has 20 heavy (non-hydrogen) atoms. The van der Waals surface area contributed by atoms with Crippen LogP contribution in [0.25, 0.3) is 0 Å². The first-order valence-electron chi connectivity index (χ1n) is 6.94. The monoisotopic (exact) mass is 333 g/mol. The average molecular weight is 334 g/mol. The van der Waals surface area contributed by atoms with Gasteiger partial charge in [0.15, 0.2) is 0 Å². The summed E-state index contributed by atoms with van der Waals surface area (Å²) in [6, 6.07) is 14.0. The predicted molar refractivity (Wildman–Crippen MR) is 85.1 cm³/mol. The van der Waals surface area contributed by atoms with Gasteiger partial charge in [-0.25, -0.2) is 4.39 Å². The van der Waals surface area contributed by atoms with E-state index in [1.165, 1.54) is 17.2 Å². The Labute approximate surface area is 127 Å². The van der Waals surface area contributed by atoms with Gasteiger partial charge in [0.25, 0.3) is 0 Å². The SMILES string of the molecule is Fc1cccc(N2CCc3ccccc3CC2)c1CBr. The second-order valence-electron chi connectivity index (χ2n) is 5.13. The maximum absolute atomic E-state index is 13.9. The average Bonchev–Trinajstić information content (AvgIpc) is 2.69. The lowest BCUT2D eigenvalue weighted by Gasteiger charge is -2.25. The predicted octanol–water partition coefficient (Wildman–Crippen LogP) is 4.33. The van der Waals surface area contributed by atoms with Crippen LogP contribution >= 0.6 is 15.9 Å². The number of rotatable bonds is 2. The van der Waals surface area contributed by atoms with Gasteiger partial charge in [-0.05, 0) is 36.1 Å². The highest BCUT2D eigenvalue weighted by atomic mass is 79.9. The van der Waals surface area contributed by atoms with Gasteiger partial charge >= 0.3 is 0 Å². The molecule has 104 valence electrons. The van der Waals surface area contributed by atoms with E-state index in [1.807, 2.05) is 6.07 Å². The van der Waals surface area contributed by atoms with Crippen molar-refractivity contribution >= 4 is 21.6 Å². The van der Waals surface area contributed by atoms with Gasteiger partial charge in [0, 0.05) is 29.7 Å². The van der Waals surface area contributed by atoms with Gasteiger partial charge in [0.05, 0.1) is 0 Å². The van der Waals surface area contributed by atoms with E-state index in [0.717, 1.165) is 37.2 Å². The zero-order chi connectivity index (χ0) is 13.9. The van der Waals surface area contributed by atoms with Crippen molar-refractivity contribution in [3.05, 3.63) is 65.0 Å². The van der Waals surface area contributed by atoms with Crippen LogP contribution in [-0.2, 0) is 18.2 Å². The molecule has 2 aromatic carbocycles. The molecule has 3 rings (SSSR count). The molecule has 1 aliphatic heterocycles. The summed E-state index contributed by atoms with van der Waals surface area (Å²) < 4.78 is 13.9. The van der Waals surface area contributed by atoms with Crippen LogP contribution in [0.1, 0.15) is 16.7 Å². The summed E-state index contributed by atoms with van der Waals surface area (Å²) in [7, 11) is 0. The molecule has 0 aromatic heterocycles. The van der Waals surface area contributed by atoms with E-state index in [2.05, 4.69) is 45.1 Å². The van der Waals surface area contributed by atoms with E-state index in [9.17, 15) is 4.39 Å². The van der Waals surface area contributed by atoms with Crippen molar-refractivity contribution in [3.8, 4) is 0 Å². The molecule has 1 heterocycles.